The van der Waals surface area contributed by atoms with Crippen molar-refractivity contribution in [3.63, 3.8) is 0 Å². The van der Waals surface area contributed by atoms with Crippen molar-refractivity contribution in [1.82, 2.24) is 4.98 Å². The lowest BCUT2D eigenvalue weighted by Gasteiger charge is -2.01. The number of nitrogens with two attached hydrogens (primary N) is 1. The molecule has 0 fully saturated rings. The van der Waals surface area contributed by atoms with E-state index in [-0.39, 0.29) is 5.78 Å². The molecule has 3 nitrogen and oxygen atoms in total. The summed E-state index contributed by atoms with van der Waals surface area (Å²) in [7, 11) is 0. The number of ketones is 1. The maximum absolute atomic E-state index is 12.1. The van der Waals surface area contributed by atoms with E-state index < -0.39 is 0 Å². The summed E-state index contributed by atoms with van der Waals surface area (Å²) in [6.07, 6.45) is 0. The Labute approximate surface area is 108 Å². The van der Waals surface area contributed by atoms with E-state index in [0.29, 0.717) is 22.8 Å². The summed E-state index contributed by atoms with van der Waals surface area (Å²) in [6.45, 7) is 2.25. The summed E-state index contributed by atoms with van der Waals surface area (Å²) < 4.78 is 0. The van der Waals surface area contributed by atoms with E-state index >= 15 is 0 Å². The third-order valence-electron chi connectivity index (χ3n) is 2.39. The van der Waals surface area contributed by atoms with Crippen LogP contribution in [0.2, 0.25) is 5.02 Å². The molecule has 0 unspecified atom stereocenters. The quantitative estimate of drug-likeness (QED) is 0.869. The number of rotatable bonds is 3. The van der Waals surface area contributed by atoms with Gasteiger partial charge >= 0.3 is 0 Å². The summed E-state index contributed by atoms with van der Waals surface area (Å²) in [6, 6.07) is 5.25. The lowest BCUT2D eigenvalue weighted by Crippen LogP contribution is -2.03. The predicted molar refractivity (Wildman–Crippen MR) is 69.6 cm³/mol. The van der Waals surface area contributed by atoms with Crippen molar-refractivity contribution >= 4 is 28.7 Å². The van der Waals surface area contributed by atoms with Crippen LogP contribution in [0.5, 0.6) is 0 Å². The Kier molecular flexibility index (Phi) is 3.57. The number of hydrogen-bond donors (Lipinski definition) is 1. The normalized spacial score (nSPS) is 10.5. The molecular weight excluding hydrogens is 256 g/mol. The first-order chi connectivity index (χ1) is 8.11. The van der Waals surface area contributed by atoms with Crippen LogP contribution in [0.4, 0.5) is 0 Å². The topological polar surface area (TPSA) is 56.0 Å². The largest absolute Gasteiger partial charge is 0.325 e. The molecule has 1 aromatic heterocycles. The number of benzene rings is 1. The second-order valence-corrected chi connectivity index (χ2v) is 4.97. The molecule has 2 aromatic rings. The smallest absolute Gasteiger partial charge is 0.212 e. The van der Waals surface area contributed by atoms with Gasteiger partial charge in [-0.3, -0.25) is 4.79 Å². The number of carbonyl (C=O) groups is 1. The highest BCUT2D eigenvalue weighted by atomic mass is 35.5. The van der Waals surface area contributed by atoms with Crippen molar-refractivity contribution < 1.29 is 4.79 Å². The molecule has 0 saturated heterocycles. The van der Waals surface area contributed by atoms with Gasteiger partial charge in [-0.2, -0.15) is 0 Å². The van der Waals surface area contributed by atoms with Gasteiger partial charge in [0.25, 0.3) is 0 Å². The third-order valence-corrected chi connectivity index (χ3v) is 3.67. The van der Waals surface area contributed by atoms with Gasteiger partial charge in [-0.1, -0.05) is 23.7 Å². The number of halogens is 1. The average molecular weight is 267 g/mol. The minimum Gasteiger partial charge on any atom is -0.325 e. The van der Waals surface area contributed by atoms with Gasteiger partial charge in [0.05, 0.1) is 0 Å². The number of nitrogens with zero attached hydrogens (tertiary/aromatic N) is 1. The zero-order valence-electron chi connectivity index (χ0n) is 9.24. The number of thiazole rings is 1. The van der Waals surface area contributed by atoms with Gasteiger partial charge < -0.3 is 5.73 Å². The Bertz CT molecular complexity index is 565. The number of aryl methyl sites for hydroxylation is 1. The van der Waals surface area contributed by atoms with Gasteiger partial charge in [-0.05, 0) is 18.6 Å². The van der Waals surface area contributed by atoms with Crippen molar-refractivity contribution in [2.45, 2.75) is 13.5 Å². The second-order valence-electron chi connectivity index (χ2n) is 3.62. The van der Waals surface area contributed by atoms with Crippen molar-refractivity contribution in [1.29, 1.82) is 0 Å². The van der Waals surface area contributed by atoms with E-state index in [2.05, 4.69) is 4.98 Å². The maximum atomic E-state index is 12.1. The molecule has 2 N–H and O–H groups in total. The first kappa shape index (κ1) is 12.2. The van der Waals surface area contributed by atoms with E-state index in [4.69, 9.17) is 17.3 Å². The van der Waals surface area contributed by atoms with Crippen LogP contribution in [0.15, 0.2) is 23.6 Å². The van der Waals surface area contributed by atoms with Crippen LogP contribution < -0.4 is 5.73 Å². The minimum atomic E-state index is -0.122. The lowest BCUT2D eigenvalue weighted by atomic mass is 10.1. The standard InChI is InChI=1S/C12H11ClN2OS/c1-7-2-3-8(4-9(7)13)12(16)10-6-17-11(5-14)15-10/h2-4,6H,5,14H2,1H3. The number of carbonyl (C=O) groups excluding carboxylic acids is 1. The molecule has 17 heavy (non-hydrogen) atoms. The Morgan fingerprint density at radius 3 is 2.88 bits per heavy atom. The van der Waals surface area contributed by atoms with Gasteiger partial charge in [0.1, 0.15) is 10.7 Å². The van der Waals surface area contributed by atoms with Gasteiger partial charge in [0.15, 0.2) is 0 Å². The third kappa shape index (κ3) is 2.54. The summed E-state index contributed by atoms with van der Waals surface area (Å²) in [5, 5.41) is 3.06. The SMILES string of the molecule is Cc1ccc(C(=O)c2csc(CN)n2)cc1Cl. The van der Waals surface area contributed by atoms with E-state index in [1.807, 2.05) is 13.0 Å². The van der Waals surface area contributed by atoms with E-state index in [1.54, 1.807) is 17.5 Å². The summed E-state index contributed by atoms with van der Waals surface area (Å²) in [5.74, 6) is -0.122. The molecule has 0 aliphatic rings. The molecule has 88 valence electrons. The van der Waals surface area contributed by atoms with Crippen LogP contribution in [0.3, 0.4) is 0 Å². The molecule has 1 aromatic carbocycles. The van der Waals surface area contributed by atoms with E-state index in [0.717, 1.165) is 10.6 Å². The number of hydrogen-bond acceptors (Lipinski definition) is 4. The van der Waals surface area contributed by atoms with Gasteiger partial charge in [-0.25, -0.2) is 4.98 Å². The molecule has 0 aliphatic carbocycles. The number of aromatic nitrogens is 1. The highest BCUT2D eigenvalue weighted by Gasteiger charge is 2.13. The Morgan fingerprint density at radius 2 is 2.29 bits per heavy atom. The summed E-state index contributed by atoms with van der Waals surface area (Å²) in [4.78, 5) is 16.2. The fraction of sp³-hybridized carbons (Fsp3) is 0.167. The zero-order chi connectivity index (χ0) is 12.4. The molecule has 1 heterocycles. The Balaban J connectivity index is 2.33. The highest BCUT2D eigenvalue weighted by molar-refractivity contribution is 7.09. The Hall–Kier alpha value is -1.23. The monoisotopic (exact) mass is 266 g/mol. The van der Waals surface area contributed by atoms with Gasteiger partial charge in [0.2, 0.25) is 5.78 Å². The van der Waals surface area contributed by atoms with Crippen molar-refractivity contribution in [2.24, 2.45) is 5.73 Å². The Morgan fingerprint density at radius 1 is 1.53 bits per heavy atom. The molecular formula is C12H11ClN2OS. The van der Waals surface area contributed by atoms with Crippen molar-refractivity contribution in [3.8, 4) is 0 Å². The van der Waals surface area contributed by atoms with Gasteiger partial charge in [0, 0.05) is 22.5 Å². The molecule has 0 atom stereocenters. The maximum Gasteiger partial charge on any atom is 0.212 e. The fourth-order valence-electron chi connectivity index (χ4n) is 1.39. The highest BCUT2D eigenvalue weighted by Crippen LogP contribution is 2.20. The molecule has 0 spiro atoms. The lowest BCUT2D eigenvalue weighted by molar-refractivity contribution is 0.103. The molecule has 0 aliphatic heterocycles. The summed E-state index contributed by atoms with van der Waals surface area (Å²) in [5.41, 5.74) is 7.39. The molecule has 0 amide bonds. The van der Waals surface area contributed by atoms with Crippen LogP contribution in [0.1, 0.15) is 26.6 Å². The fourth-order valence-corrected chi connectivity index (χ4v) is 2.23. The van der Waals surface area contributed by atoms with Crippen LogP contribution in [-0.4, -0.2) is 10.8 Å². The first-order valence-electron chi connectivity index (χ1n) is 5.07. The minimum absolute atomic E-state index is 0.122. The molecule has 5 heteroatoms. The van der Waals surface area contributed by atoms with E-state index in [1.165, 1.54) is 11.3 Å². The van der Waals surface area contributed by atoms with Crippen molar-refractivity contribution in [2.75, 3.05) is 0 Å². The van der Waals surface area contributed by atoms with Crippen molar-refractivity contribution in [3.05, 3.63) is 50.4 Å². The van der Waals surface area contributed by atoms with E-state index in [9.17, 15) is 4.79 Å². The first-order valence-corrected chi connectivity index (χ1v) is 6.33. The summed E-state index contributed by atoms with van der Waals surface area (Å²) >= 11 is 7.38. The van der Waals surface area contributed by atoms with Crippen LogP contribution >= 0.6 is 22.9 Å². The molecule has 2 rings (SSSR count). The van der Waals surface area contributed by atoms with Crippen LogP contribution in [-0.2, 0) is 6.54 Å². The second kappa shape index (κ2) is 4.96. The molecule has 0 radical (unpaired) electrons. The molecule has 0 bridgehead atoms. The van der Waals surface area contributed by atoms with Gasteiger partial charge in [-0.15, -0.1) is 11.3 Å². The predicted octanol–water partition coefficient (Wildman–Crippen LogP) is 2.79. The van der Waals surface area contributed by atoms with Crippen LogP contribution in [0.25, 0.3) is 0 Å². The zero-order valence-corrected chi connectivity index (χ0v) is 10.8. The molecule has 0 saturated carbocycles. The average Bonchev–Trinajstić information content (AvgIpc) is 2.80. The van der Waals surface area contributed by atoms with Crippen LogP contribution in [0, 0.1) is 6.92 Å².